The number of rotatable bonds is 5. The molecule has 0 aromatic heterocycles. The molecule has 3 heteroatoms. The molecule has 0 saturated carbocycles. The molecule has 0 amide bonds. The molecular formula is C11H18BrNO. The number of nitrogens with zero attached hydrogens (tertiary/aromatic N) is 1. The van der Waals surface area contributed by atoms with Crippen LogP contribution in [0, 0.1) is 0 Å². The second kappa shape index (κ2) is 7.80. The van der Waals surface area contributed by atoms with Crippen LogP contribution in [0.25, 0.3) is 0 Å². The smallest absolute Gasteiger partial charge is 0.188 e. The molecular weight excluding hydrogens is 242 g/mol. The largest absolute Gasteiger partial charge is 0.478 e. The molecule has 0 rings (SSSR count). The summed E-state index contributed by atoms with van der Waals surface area (Å²) in [5.74, 6) is 0.779. The van der Waals surface area contributed by atoms with E-state index in [9.17, 15) is 0 Å². The van der Waals surface area contributed by atoms with Crippen molar-refractivity contribution in [3.05, 3.63) is 23.3 Å². The van der Waals surface area contributed by atoms with Crippen molar-refractivity contribution in [1.82, 2.24) is 0 Å². The molecule has 0 unspecified atom stereocenters. The SMILES string of the molecule is C=C/C(Br)=C\N=C(CCC)OC(C)C. The van der Waals surface area contributed by atoms with E-state index in [0.717, 1.165) is 23.2 Å². The molecule has 0 bridgehead atoms. The Kier molecular flexibility index (Phi) is 7.48. The average Bonchev–Trinajstić information content (AvgIpc) is 2.13. The summed E-state index contributed by atoms with van der Waals surface area (Å²) >= 11 is 3.30. The summed E-state index contributed by atoms with van der Waals surface area (Å²) in [5, 5.41) is 0. The molecule has 0 fully saturated rings. The van der Waals surface area contributed by atoms with Gasteiger partial charge < -0.3 is 4.74 Å². The lowest BCUT2D eigenvalue weighted by atomic mass is 10.3. The fourth-order valence-electron chi connectivity index (χ4n) is 0.826. The van der Waals surface area contributed by atoms with Crippen molar-refractivity contribution < 1.29 is 4.74 Å². The van der Waals surface area contributed by atoms with Crippen molar-refractivity contribution in [2.24, 2.45) is 4.99 Å². The molecule has 0 saturated heterocycles. The van der Waals surface area contributed by atoms with Gasteiger partial charge in [-0.25, -0.2) is 4.99 Å². The molecule has 0 aromatic rings. The van der Waals surface area contributed by atoms with Crippen molar-refractivity contribution in [2.75, 3.05) is 0 Å². The van der Waals surface area contributed by atoms with Crippen LogP contribution in [-0.2, 0) is 4.74 Å². The second-order valence-electron chi connectivity index (χ2n) is 3.16. The lowest BCUT2D eigenvalue weighted by molar-refractivity contribution is 0.221. The predicted molar refractivity (Wildman–Crippen MR) is 65.8 cm³/mol. The zero-order chi connectivity index (χ0) is 11.0. The van der Waals surface area contributed by atoms with Crippen LogP contribution in [0.5, 0.6) is 0 Å². The van der Waals surface area contributed by atoms with Crippen LogP contribution < -0.4 is 0 Å². The van der Waals surface area contributed by atoms with Crippen LogP contribution in [-0.4, -0.2) is 12.0 Å². The standard InChI is InChI=1S/C11H18BrNO/c1-5-7-11(14-9(3)4)13-8-10(12)6-2/h6,8-9H,2,5,7H2,1,3-4H3/b10-8+,13-11?. The van der Waals surface area contributed by atoms with Gasteiger partial charge in [0.15, 0.2) is 5.90 Å². The molecule has 0 heterocycles. The summed E-state index contributed by atoms with van der Waals surface area (Å²) in [6.45, 7) is 9.72. The summed E-state index contributed by atoms with van der Waals surface area (Å²) in [7, 11) is 0. The molecule has 0 atom stereocenters. The minimum atomic E-state index is 0.177. The maximum atomic E-state index is 5.54. The van der Waals surface area contributed by atoms with E-state index in [1.165, 1.54) is 0 Å². The Morgan fingerprint density at radius 2 is 2.21 bits per heavy atom. The van der Waals surface area contributed by atoms with Crippen LogP contribution in [0.4, 0.5) is 0 Å². The third kappa shape index (κ3) is 6.89. The van der Waals surface area contributed by atoms with E-state index in [1.54, 1.807) is 12.3 Å². The maximum absolute atomic E-state index is 5.54. The van der Waals surface area contributed by atoms with Gasteiger partial charge in [0.1, 0.15) is 0 Å². The number of aliphatic imine (C=N–C) groups is 1. The van der Waals surface area contributed by atoms with Gasteiger partial charge in [0.25, 0.3) is 0 Å². The Morgan fingerprint density at radius 3 is 2.64 bits per heavy atom. The fraction of sp³-hybridized carbons (Fsp3) is 0.545. The number of hydrogen-bond acceptors (Lipinski definition) is 2. The normalized spacial score (nSPS) is 13.2. The van der Waals surface area contributed by atoms with Gasteiger partial charge in [-0.1, -0.05) is 19.6 Å². The third-order valence-corrected chi connectivity index (χ3v) is 1.89. The van der Waals surface area contributed by atoms with Gasteiger partial charge in [-0.15, -0.1) is 0 Å². The quantitative estimate of drug-likeness (QED) is 0.415. The van der Waals surface area contributed by atoms with Crippen LogP contribution in [0.1, 0.15) is 33.6 Å². The van der Waals surface area contributed by atoms with E-state index in [-0.39, 0.29) is 6.10 Å². The number of allylic oxidation sites excluding steroid dienone is 2. The molecule has 14 heavy (non-hydrogen) atoms. The topological polar surface area (TPSA) is 21.6 Å². The Labute approximate surface area is 94.9 Å². The average molecular weight is 260 g/mol. The van der Waals surface area contributed by atoms with Crippen LogP contribution in [0.2, 0.25) is 0 Å². The summed E-state index contributed by atoms with van der Waals surface area (Å²) < 4.78 is 6.40. The maximum Gasteiger partial charge on any atom is 0.188 e. The van der Waals surface area contributed by atoms with Gasteiger partial charge in [0.2, 0.25) is 0 Å². The van der Waals surface area contributed by atoms with E-state index < -0.39 is 0 Å². The molecule has 0 aliphatic rings. The molecule has 0 aliphatic carbocycles. The first-order valence-corrected chi connectivity index (χ1v) is 5.60. The first-order valence-electron chi connectivity index (χ1n) is 4.81. The monoisotopic (exact) mass is 259 g/mol. The first-order chi connectivity index (χ1) is 6.60. The predicted octanol–water partition coefficient (Wildman–Crippen LogP) is 4.03. The second-order valence-corrected chi connectivity index (χ2v) is 4.07. The molecule has 0 spiro atoms. The Balaban J connectivity index is 4.38. The van der Waals surface area contributed by atoms with Crippen LogP contribution in [0.15, 0.2) is 28.3 Å². The van der Waals surface area contributed by atoms with E-state index in [2.05, 4.69) is 34.4 Å². The van der Waals surface area contributed by atoms with Crippen molar-refractivity contribution in [1.29, 1.82) is 0 Å². The highest BCUT2D eigenvalue weighted by molar-refractivity contribution is 9.11. The molecule has 0 aliphatic heterocycles. The van der Waals surface area contributed by atoms with Gasteiger partial charge in [-0.05, 0) is 36.2 Å². The van der Waals surface area contributed by atoms with Crippen molar-refractivity contribution >= 4 is 21.8 Å². The molecule has 0 N–H and O–H groups in total. The van der Waals surface area contributed by atoms with E-state index in [0.29, 0.717) is 0 Å². The van der Waals surface area contributed by atoms with Crippen molar-refractivity contribution in [3.63, 3.8) is 0 Å². The highest BCUT2D eigenvalue weighted by atomic mass is 79.9. The summed E-state index contributed by atoms with van der Waals surface area (Å²) in [5.41, 5.74) is 0. The Bertz CT molecular complexity index is 231. The van der Waals surface area contributed by atoms with E-state index in [1.807, 2.05) is 13.8 Å². The molecule has 2 nitrogen and oxygen atoms in total. The minimum absolute atomic E-state index is 0.177. The van der Waals surface area contributed by atoms with E-state index in [4.69, 9.17) is 4.74 Å². The van der Waals surface area contributed by atoms with Gasteiger partial charge in [-0.3, -0.25) is 0 Å². The zero-order valence-corrected chi connectivity index (χ0v) is 10.7. The van der Waals surface area contributed by atoms with Gasteiger partial charge in [0, 0.05) is 17.1 Å². The van der Waals surface area contributed by atoms with Crippen molar-refractivity contribution in [2.45, 2.75) is 39.7 Å². The third-order valence-electron chi connectivity index (χ3n) is 1.36. The summed E-state index contributed by atoms with van der Waals surface area (Å²) in [6, 6.07) is 0. The molecule has 0 radical (unpaired) electrons. The highest BCUT2D eigenvalue weighted by Gasteiger charge is 2.00. The van der Waals surface area contributed by atoms with Crippen molar-refractivity contribution in [3.8, 4) is 0 Å². The van der Waals surface area contributed by atoms with Crippen LogP contribution >= 0.6 is 15.9 Å². The van der Waals surface area contributed by atoms with Gasteiger partial charge in [-0.2, -0.15) is 0 Å². The minimum Gasteiger partial charge on any atom is -0.478 e. The van der Waals surface area contributed by atoms with Gasteiger partial charge >= 0.3 is 0 Å². The summed E-state index contributed by atoms with van der Waals surface area (Å²) in [6.07, 6.45) is 5.48. The number of halogens is 1. The first kappa shape index (κ1) is 13.4. The zero-order valence-electron chi connectivity index (χ0n) is 9.09. The Hall–Kier alpha value is -0.570. The Morgan fingerprint density at radius 1 is 1.57 bits per heavy atom. The molecule has 80 valence electrons. The highest BCUT2D eigenvalue weighted by Crippen LogP contribution is 2.07. The van der Waals surface area contributed by atoms with E-state index >= 15 is 0 Å². The lowest BCUT2D eigenvalue weighted by Crippen LogP contribution is -2.10. The summed E-state index contributed by atoms with van der Waals surface area (Å²) in [4.78, 5) is 4.24. The number of hydrogen-bond donors (Lipinski definition) is 0. The lowest BCUT2D eigenvalue weighted by Gasteiger charge is -2.10. The van der Waals surface area contributed by atoms with Crippen LogP contribution in [0.3, 0.4) is 0 Å². The van der Waals surface area contributed by atoms with Gasteiger partial charge in [0.05, 0.1) is 6.10 Å². The molecule has 0 aromatic carbocycles. The fourth-order valence-corrected chi connectivity index (χ4v) is 0.929. The number of ether oxygens (including phenoxy) is 1.